The van der Waals surface area contributed by atoms with Crippen LogP contribution in [0, 0.1) is 0 Å². The maximum atomic E-state index is 12.9. The first-order valence-corrected chi connectivity index (χ1v) is 8.16. The van der Waals surface area contributed by atoms with Gasteiger partial charge in [-0.25, -0.2) is 0 Å². The van der Waals surface area contributed by atoms with Crippen LogP contribution < -0.4 is 5.32 Å². The van der Waals surface area contributed by atoms with Crippen LogP contribution in [0.3, 0.4) is 0 Å². The molecule has 2 fully saturated rings. The maximum Gasteiger partial charge on any atom is 0.249 e. The fourth-order valence-corrected chi connectivity index (χ4v) is 4.15. The van der Waals surface area contributed by atoms with Crippen LogP contribution in [-0.2, 0) is 9.59 Å². The van der Waals surface area contributed by atoms with Crippen molar-refractivity contribution in [3.63, 3.8) is 0 Å². The van der Waals surface area contributed by atoms with Crippen LogP contribution in [0.25, 0.3) is 0 Å². The van der Waals surface area contributed by atoms with Gasteiger partial charge < -0.3 is 10.2 Å². The van der Waals surface area contributed by atoms with E-state index in [9.17, 15) is 9.59 Å². The molecule has 1 aliphatic carbocycles. The van der Waals surface area contributed by atoms with E-state index in [1.165, 1.54) is 0 Å². The molecule has 1 atom stereocenters. The van der Waals surface area contributed by atoms with E-state index in [0.717, 1.165) is 37.0 Å². The Morgan fingerprint density at radius 2 is 2.05 bits per heavy atom. The lowest BCUT2D eigenvalue weighted by molar-refractivity contribution is -0.153. The topological polar surface area (TPSA) is 49.4 Å². The zero-order valence-electron chi connectivity index (χ0n) is 11.7. The normalized spacial score (nSPS) is 23.8. The summed E-state index contributed by atoms with van der Waals surface area (Å²) in [5.41, 5.74) is -0.626. The maximum absolute atomic E-state index is 12.9. The average molecular weight is 292 g/mol. The van der Waals surface area contributed by atoms with Gasteiger partial charge in [-0.3, -0.25) is 9.59 Å². The Labute approximate surface area is 123 Å². The zero-order chi connectivity index (χ0) is 14.2. The summed E-state index contributed by atoms with van der Waals surface area (Å²) >= 11 is 1.64. The van der Waals surface area contributed by atoms with Gasteiger partial charge in [0, 0.05) is 4.88 Å². The molecule has 0 bridgehead atoms. The van der Waals surface area contributed by atoms with Crippen LogP contribution in [0.2, 0.25) is 0 Å². The number of amides is 2. The summed E-state index contributed by atoms with van der Waals surface area (Å²) < 4.78 is 0. The molecule has 0 aromatic carbocycles. The monoisotopic (exact) mass is 292 g/mol. The minimum absolute atomic E-state index is 0.0186. The van der Waals surface area contributed by atoms with E-state index < -0.39 is 5.54 Å². The van der Waals surface area contributed by atoms with E-state index in [2.05, 4.69) is 5.32 Å². The van der Waals surface area contributed by atoms with Gasteiger partial charge in [0.1, 0.15) is 12.1 Å². The smallest absolute Gasteiger partial charge is 0.249 e. The highest BCUT2D eigenvalue weighted by molar-refractivity contribution is 7.10. The second kappa shape index (κ2) is 5.20. The van der Waals surface area contributed by atoms with Crippen molar-refractivity contribution in [2.75, 3.05) is 6.54 Å². The van der Waals surface area contributed by atoms with E-state index in [0.29, 0.717) is 0 Å². The SMILES string of the molecule is CC(c1cccs1)N1CC(=O)NC2(CCCCC2)C1=O. The Morgan fingerprint density at radius 1 is 1.30 bits per heavy atom. The minimum Gasteiger partial charge on any atom is -0.340 e. The van der Waals surface area contributed by atoms with Crippen molar-refractivity contribution >= 4 is 23.2 Å². The first-order chi connectivity index (χ1) is 9.62. The third kappa shape index (κ3) is 2.24. The lowest BCUT2D eigenvalue weighted by Gasteiger charge is -2.45. The molecule has 0 radical (unpaired) electrons. The first-order valence-electron chi connectivity index (χ1n) is 7.28. The second-order valence-electron chi connectivity index (χ2n) is 5.82. The van der Waals surface area contributed by atoms with Crippen molar-refractivity contribution in [3.05, 3.63) is 22.4 Å². The van der Waals surface area contributed by atoms with Crippen LogP contribution >= 0.6 is 11.3 Å². The van der Waals surface area contributed by atoms with E-state index in [1.807, 2.05) is 24.4 Å². The van der Waals surface area contributed by atoms with Crippen LogP contribution in [-0.4, -0.2) is 28.8 Å². The van der Waals surface area contributed by atoms with E-state index in [4.69, 9.17) is 0 Å². The number of nitrogens with one attached hydrogen (secondary N) is 1. The standard InChI is InChI=1S/C15H20N2O2S/c1-11(12-6-5-9-20-12)17-10-13(18)16-15(14(17)19)7-3-2-4-8-15/h5-6,9,11H,2-4,7-8,10H2,1H3,(H,16,18). The zero-order valence-corrected chi connectivity index (χ0v) is 12.5. The van der Waals surface area contributed by atoms with Crippen molar-refractivity contribution in [3.8, 4) is 0 Å². The molecule has 1 saturated heterocycles. The number of carbonyl (C=O) groups excluding carboxylic acids is 2. The fourth-order valence-electron chi connectivity index (χ4n) is 3.35. The molecule has 20 heavy (non-hydrogen) atoms. The number of carbonyl (C=O) groups is 2. The summed E-state index contributed by atoms with van der Waals surface area (Å²) in [4.78, 5) is 27.9. The quantitative estimate of drug-likeness (QED) is 0.910. The van der Waals surface area contributed by atoms with Crippen LogP contribution in [0.5, 0.6) is 0 Å². The molecule has 2 aliphatic rings. The van der Waals surface area contributed by atoms with E-state index in [1.54, 1.807) is 16.2 Å². The molecule has 1 saturated carbocycles. The summed E-state index contributed by atoms with van der Waals surface area (Å²) in [6, 6.07) is 4.00. The number of piperazine rings is 1. The molecule has 1 aromatic rings. The predicted octanol–water partition coefficient (Wildman–Crippen LogP) is 2.47. The lowest BCUT2D eigenvalue weighted by atomic mass is 9.79. The number of nitrogens with zero attached hydrogens (tertiary/aromatic N) is 1. The van der Waals surface area contributed by atoms with E-state index >= 15 is 0 Å². The largest absolute Gasteiger partial charge is 0.340 e. The number of hydrogen-bond acceptors (Lipinski definition) is 3. The van der Waals surface area contributed by atoms with Gasteiger partial charge in [-0.1, -0.05) is 25.3 Å². The highest BCUT2D eigenvalue weighted by Gasteiger charge is 2.48. The highest BCUT2D eigenvalue weighted by atomic mass is 32.1. The molecule has 108 valence electrons. The van der Waals surface area contributed by atoms with Gasteiger partial charge in [0.15, 0.2) is 0 Å². The van der Waals surface area contributed by atoms with Gasteiger partial charge in [0.05, 0.1) is 6.04 Å². The van der Waals surface area contributed by atoms with Gasteiger partial charge in [0.2, 0.25) is 11.8 Å². The molecular formula is C15H20N2O2S. The minimum atomic E-state index is -0.626. The van der Waals surface area contributed by atoms with Crippen LogP contribution in [0.4, 0.5) is 0 Å². The van der Waals surface area contributed by atoms with Crippen molar-refractivity contribution in [1.29, 1.82) is 0 Å². The van der Waals surface area contributed by atoms with Gasteiger partial charge in [-0.15, -0.1) is 11.3 Å². The molecular weight excluding hydrogens is 272 g/mol. The molecule has 1 unspecified atom stereocenters. The van der Waals surface area contributed by atoms with Gasteiger partial charge in [-0.05, 0) is 31.2 Å². The summed E-state index contributed by atoms with van der Waals surface area (Å²) in [7, 11) is 0. The fraction of sp³-hybridized carbons (Fsp3) is 0.600. The molecule has 5 heteroatoms. The summed E-state index contributed by atoms with van der Waals surface area (Å²) in [5, 5.41) is 5.00. The Bertz CT molecular complexity index is 506. The number of rotatable bonds is 2. The molecule has 2 heterocycles. The van der Waals surface area contributed by atoms with Crippen molar-refractivity contribution in [2.45, 2.75) is 50.6 Å². The van der Waals surface area contributed by atoms with Crippen LogP contribution in [0.1, 0.15) is 49.9 Å². The molecule has 1 spiro atoms. The molecule has 4 nitrogen and oxygen atoms in total. The van der Waals surface area contributed by atoms with Crippen LogP contribution in [0.15, 0.2) is 17.5 Å². The number of thiophene rings is 1. The Kier molecular flexibility index (Phi) is 3.54. The summed E-state index contributed by atoms with van der Waals surface area (Å²) in [5.74, 6) is 0.0904. The Morgan fingerprint density at radius 3 is 2.70 bits per heavy atom. The molecule has 1 aromatic heterocycles. The van der Waals surface area contributed by atoms with Gasteiger partial charge >= 0.3 is 0 Å². The van der Waals surface area contributed by atoms with Crippen molar-refractivity contribution in [1.82, 2.24) is 10.2 Å². The predicted molar refractivity (Wildman–Crippen MR) is 78.4 cm³/mol. The highest BCUT2D eigenvalue weighted by Crippen LogP contribution is 2.35. The van der Waals surface area contributed by atoms with E-state index in [-0.39, 0.29) is 24.4 Å². The average Bonchev–Trinajstić information content (AvgIpc) is 2.97. The number of hydrogen-bond donors (Lipinski definition) is 1. The summed E-state index contributed by atoms with van der Waals surface area (Å²) in [6.45, 7) is 2.19. The molecule has 1 N–H and O–H groups in total. The third-order valence-electron chi connectivity index (χ3n) is 4.49. The third-order valence-corrected chi connectivity index (χ3v) is 5.54. The summed E-state index contributed by atoms with van der Waals surface area (Å²) in [6.07, 6.45) is 4.77. The Balaban J connectivity index is 1.87. The molecule has 1 aliphatic heterocycles. The second-order valence-corrected chi connectivity index (χ2v) is 6.79. The molecule has 3 rings (SSSR count). The van der Waals surface area contributed by atoms with Crippen molar-refractivity contribution in [2.24, 2.45) is 0 Å². The lowest BCUT2D eigenvalue weighted by Crippen LogP contribution is -2.67. The van der Waals surface area contributed by atoms with Gasteiger partial charge in [0.25, 0.3) is 0 Å². The van der Waals surface area contributed by atoms with Gasteiger partial charge in [-0.2, -0.15) is 0 Å². The van der Waals surface area contributed by atoms with Crippen molar-refractivity contribution < 1.29 is 9.59 Å². The molecule has 2 amide bonds. The Hall–Kier alpha value is -1.36. The first kappa shape index (κ1) is 13.6.